The van der Waals surface area contributed by atoms with Gasteiger partial charge in [0.1, 0.15) is 6.10 Å². The Kier molecular flexibility index (Phi) is 49.1. The summed E-state index contributed by atoms with van der Waals surface area (Å²) in [5, 5.41) is 23.8. The summed E-state index contributed by atoms with van der Waals surface area (Å²) in [6.07, 6.45) is 65.3. The molecule has 6 heteroatoms. The van der Waals surface area contributed by atoms with E-state index in [-0.39, 0.29) is 24.9 Å². The zero-order valence-electron chi connectivity index (χ0n) is 42.1. The molecule has 0 aliphatic carbocycles. The fourth-order valence-corrected chi connectivity index (χ4v) is 8.03. The van der Waals surface area contributed by atoms with Gasteiger partial charge in [0, 0.05) is 6.42 Å². The Morgan fingerprint density at radius 3 is 1.33 bits per heavy atom. The summed E-state index contributed by atoms with van der Waals surface area (Å²) < 4.78 is 5.92. The highest BCUT2D eigenvalue weighted by Gasteiger charge is 2.24. The highest BCUT2D eigenvalue weighted by Crippen LogP contribution is 2.18. The molecular weight excluding hydrogens is 791 g/mol. The van der Waals surface area contributed by atoms with E-state index in [1.165, 1.54) is 135 Å². The SMILES string of the molecule is CC/C=C/C=C/C=C\C=C/C=C/CCCCCC(=O)OC(CCCCCCC/C=C/CCCCCCCC)CC(=O)NC(CO)C(O)CCCCCCCCCCCCCCCCC. The molecule has 0 aliphatic rings. The molecule has 0 spiro atoms. The number of unbranched alkanes of at least 4 members (excludes halogenated alkanes) is 28. The molecular formula is C58H103NO5. The average Bonchev–Trinajstić information content (AvgIpc) is 3.29. The molecule has 3 unspecified atom stereocenters. The van der Waals surface area contributed by atoms with E-state index in [1.54, 1.807) is 0 Å². The Morgan fingerprint density at radius 1 is 0.469 bits per heavy atom. The predicted molar refractivity (Wildman–Crippen MR) is 278 cm³/mol. The number of nitrogens with one attached hydrogen (secondary N) is 1. The van der Waals surface area contributed by atoms with Gasteiger partial charge >= 0.3 is 5.97 Å². The van der Waals surface area contributed by atoms with Gasteiger partial charge in [-0.1, -0.05) is 248 Å². The molecule has 0 aromatic carbocycles. The van der Waals surface area contributed by atoms with Crippen LogP contribution in [0.3, 0.4) is 0 Å². The standard InChI is InChI=1S/C58H103NO5/c1-4-7-10-13-16-19-22-25-28-31-34-37-40-43-46-49-54(64-58(63)51-48-45-42-39-36-33-30-27-24-21-18-15-12-9-6-3)52-57(62)59-55(53-60)56(61)50-47-44-41-38-35-32-29-26-23-20-17-14-11-8-5-2/h9,12,15,18,21,24-25,27-28,30,33,36,54-56,60-61H,4-8,10-11,13-14,16-17,19-20,22-23,26,29,31-32,34-35,37-53H2,1-3H3,(H,59,62)/b12-9+,18-15+,24-21-,28-25+,30-27-,36-33+. The highest BCUT2D eigenvalue weighted by atomic mass is 16.5. The molecule has 0 bridgehead atoms. The molecule has 0 heterocycles. The van der Waals surface area contributed by atoms with Gasteiger partial charge in [0.15, 0.2) is 0 Å². The van der Waals surface area contributed by atoms with Crippen molar-refractivity contribution in [2.24, 2.45) is 0 Å². The molecule has 3 N–H and O–H groups in total. The van der Waals surface area contributed by atoms with Crippen LogP contribution in [0.15, 0.2) is 72.9 Å². The minimum absolute atomic E-state index is 0.0526. The van der Waals surface area contributed by atoms with Gasteiger partial charge in [0.05, 0.1) is 25.2 Å². The van der Waals surface area contributed by atoms with Crippen LogP contribution in [0.5, 0.6) is 0 Å². The third kappa shape index (κ3) is 45.9. The average molecular weight is 894 g/mol. The van der Waals surface area contributed by atoms with Gasteiger partial charge in [-0.2, -0.15) is 0 Å². The Hall–Kier alpha value is -2.70. The Balaban J connectivity index is 4.65. The van der Waals surface area contributed by atoms with Crippen LogP contribution < -0.4 is 5.32 Å². The number of carbonyl (C=O) groups excluding carboxylic acids is 2. The number of hydrogen-bond donors (Lipinski definition) is 3. The summed E-state index contributed by atoms with van der Waals surface area (Å²) in [6.45, 7) is 6.34. The van der Waals surface area contributed by atoms with Crippen molar-refractivity contribution in [1.82, 2.24) is 5.32 Å². The number of allylic oxidation sites excluding steroid dienone is 12. The number of amides is 1. The van der Waals surface area contributed by atoms with Crippen molar-refractivity contribution in [2.75, 3.05) is 6.61 Å². The normalized spacial score (nSPS) is 13.8. The lowest BCUT2D eigenvalue weighted by atomic mass is 10.0. The molecule has 0 aromatic heterocycles. The molecule has 1 amide bonds. The molecule has 3 atom stereocenters. The van der Waals surface area contributed by atoms with E-state index in [0.717, 1.165) is 77.0 Å². The van der Waals surface area contributed by atoms with E-state index in [2.05, 4.69) is 62.5 Å². The van der Waals surface area contributed by atoms with E-state index in [1.807, 2.05) is 36.5 Å². The summed E-state index contributed by atoms with van der Waals surface area (Å²) >= 11 is 0. The zero-order chi connectivity index (χ0) is 46.7. The van der Waals surface area contributed by atoms with Crippen molar-refractivity contribution in [3.63, 3.8) is 0 Å². The molecule has 0 radical (unpaired) electrons. The lowest BCUT2D eigenvalue weighted by Gasteiger charge is -2.24. The Morgan fingerprint density at radius 2 is 0.859 bits per heavy atom. The van der Waals surface area contributed by atoms with Crippen molar-refractivity contribution in [3.05, 3.63) is 72.9 Å². The van der Waals surface area contributed by atoms with Gasteiger partial charge in [-0.15, -0.1) is 0 Å². The van der Waals surface area contributed by atoms with Crippen LogP contribution in [0.25, 0.3) is 0 Å². The summed E-state index contributed by atoms with van der Waals surface area (Å²) in [6, 6.07) is -0.716. The number of aliphatic hydroxyl groups is 2. The molecule has 0 rings (SSSR count). The second-order valence-corrected chi connectivity index (χ2v) is 18.4. The first-order valence-corrected chi connectivity index (χ1v) is 27.2. The monoisotopic (exact) mass is 894 g/mol. The van der Waals surface area contributed by atoms with E-state index in [4.69, 9.17) is 4.74 Å². The van der Waals surface area contributed by atoms with Crippen LogP contribution in [0, 0.1) is 0 Å². The molecule has 370 valence electrons. The second kappa shape index (κ2) is 51.3. The molecule has 0 saturated heterocycles. The summed E-state index contributed by atoms with van der Waals surface area (Å²) in [7, 11) is 0. The number of rotatable bonds is 48. The quantitative estimate of drug-likeness (QED) is 0.0245. The fourth-order valence-electron chi connectivity index (χ4n) is 8.03. The zero-order valence-corrected chi connectivity index (χ0v) is 42.1. The van der Waals surface area contributed by atoms with Crippen LogP contribution in [0.2, 0.25) is 0 Å². The van der Waals surface area contributed by atoms with Crippen LogP contribution in [-0.4, -0.2) is 46.9 Å². The van der Waals surface area contributed by atoms with Crippen LogP contribution in [0.4, 0.5) is 0 Å². The third-order valence-electron chi connectivity index (χ3n) is 12.1. The van der Waals surface area contributed by atoms with E-state index in [0.29, 0.717) is 19.3 Å². The smallest absolute Gasteiger partial charge is 0.306 e. The van der Waals surface area contributed by atoms with Gasteiger partial charge in [0.2, 0.25) is 5.91 Å². The van der Waals surface area contributed by atoms with Crippen molar-refractivity contribution in [2.45, 2.75) is 277 Å². The van der Waals surface area contributed by atoms with Gasteiger partial charge in [-0.25, -0.2) is 0 Å². The number of aliphatic hydroxyl groups excluding tert-OH is 2. The number of hydrogen-bond acceptors (Lipinski definition) is 5. The predicted octanol–water partition coefficient (Wildman–Crippen LogP) is 16.6. The first-order chi connectivity index (χ1) is 31.5. The summed E-state index contributed by atoms with van der Waals surface area (Å²) in [5.74, 6) is -0.529. The van der Waals surface area contributed by atoms with E-state index < -0.39 is 18.2 Å². The summed E-state index contributed by atoms with van der Waals surface area (Å²) in [4.78, 5) is 26.2. The molecule has 0 aromatic rings. The molecule has 64 heavy (non-hydrogen) atoms. The van der Waals surface area contributed by atoms with Gasteiger partial charge in [0.25, 0.3) is 0 Å². The Bertz CT molecular complexity index is 1190. The minimum Gasteiger partial charge on any atom is -0.462 e. The maximum absolute atomic E-state index is 13.2. The maximum atomic E-state index is 13.2. The van der Waals surface area contributed by atoms with Crippen LogP contribution in [0.1, 0.15) is 258 Å². The highest BCUT2D eigenvalue weighted by molar-refractivity contribution is 5.77. The van der Waals surface area contributed by atoms with Crippen LogP contribution in [-0.2, 0) is 14.3 Å². The molecule has 0 fully saturated rings. The van der Waals surface area contributed by atoms with Crippen LogP contribution >= 0.6 is 0 Å². The lowest BCUT2D eigenvalue weighted by Crippen LogP contribution is -2.46. The Labute approximate surface area is 396 Å². The third-order valence-corrected chi connectivity index (χ3v) is 12.1. The summed E-state index contributed by atoms with van der Waals surface area (Å²) in [5.41, 5.74) is 0. The van der Waals surface area contributed by atoms with Crippen molar-refractivity contribution in [1.29, 1.82) is 0 Å². The van der Waals surface area contributed by atoms with Gasteiger partial charge in [-0.3, -0.25) is 9.59 Å². The van der Waals surface area contributed by atoms with E-state index in [9.17, 15) is 19.8 Å². The first-order valence-electron chi connectivity index (χ1n) is 27.2. The molecule has 0 aliphatic heterocycles. The lowest BCUT2D eigenvalue weighted by molar-refractivity contribution is -0.151. The van der Waals surface area contributed by atoms with Crippen molar-refractivity contribution >= 4 is 11.9 Å². The number of ether oxygens (including phenoxy) is 1. The van der Waals surface area contributed by atoms with E-state index >= 15 is 0 Å². The largest absolute Gasteiger partial charge is 0.462 e. The molecule has 0 saturated carbocycles. The minimum atomic E-state index is -0.801. The number of esters is 1. The molecule has 6 nitrogen and oxygen atoms in total. The number of carbonyl (C=O) groups is 2. The fraction of sp³-hybridized carbons (Fsp3) is 0.759. The van der Waals surface area contributed by atoms with Gasteiger partial charge < -0.3 is 20.3 Å². The van der Waals surface area contributed by atoms with Crippen molar-refractivity contribution < 1.29 is 24.5 Å². The second-order valence-electron chi connectivity index (χ2n) is 18.4. The maximum Gasteiger partial charge on any atom is 0.306 e. The van der Waals surface area contributed by atoms with Crippen molar-refractivity contribution in [3.8, 4) is 0 Å². The first kappa shape index (κ1) is 61.3. The van der Waals surface area contributed by atoms with Gasteiger partial charge in [-0.05, 0) is 70.6 Å². The topological polar surface area (TPSA) is 95.9 Å².